The average molecular weight is 356 g/mol. The molecule has 0 saturated heterocycles. The molecule has 0 aliphatic heterocycles. The van der Waals surface area contributed by atoms with Crippen LogP contribution >= 0.6 is 39.9 Å². The summed E-state index contributed by atoms with van der Waals surface area (Å²) in [5, 5.41) is 2.93. The van der Waals surface area contributed by atoms with E-state index in [0.29, 0.717) is 12.1 Å². The van der Waals surface area contributed by atoms with E-state index in [-0.39, 0.29) is 5.91 Å². The van der Waals surface area contributed by atoms with Gasteiger partial charge in [-0.25, -0.2) is 0 Å². The number of nitrogens with one attached hydrogen (secondary N) is 1. The highest BCUT2D eigenvalue weighted by atomic mass is 79.9. The Kier molecular flexibility index (Phi) is 4.71. The molecule has 1 aromatic heterocycles. The fourth-order valence-corrected chi connectivity index (χ4v) is 3.31. The van der Waals surface area contributed by atoms with E-state index in [1.54, 1.807) is 17.4 Å². The maximum atomic E-state index is 12.1. The standard InChI is InChI=1S/C14H14BrNOS2/c1-8-5-11(19-9(8)2)7-16-14(17)12-6-10(18)3-4-13(12)15/h3-6,18H,7H2,1-2H3,(H,16,17). The fraction of sp³-hybridized carbons (Fsp3) is 0.214. The molecule has 2 aromatic rings. The molecule has 0 radical (unpaired) electrons. The second-order valence-electron chi connectivity index (χ2n) is 4.30. The van der Waals surface area contributed by atoms with Crippen molar-refractivity contribution in [1.29, 1.82) is 0 Å². The first kappa shape index (κ1) is 14.6. The molecule has 1 heterocycles. The number of thiol groups is 1. The van der Waals surface area contributed by atoms with Gasteiger partial charge < -0.3 is 5.32 Å². The molecule has 1 amide bonds. The Morgan fingerprint density at radius 1 is 1.37 bits per heavy atom. The van der Waals surface area contributed by atoms with Crippen LogP contribution < -0.4 is 5.32 Å². The summed E-state index contributed by atoms with van der Waals surface area (Å²) in [6, 6.07) is 7.55. The van der Waals surface area contributed by atoms with E-state index in [1.165, 1.54) is 15.3 Å². The zero-order valence-electron chi connectivity index (χ0n) is 10.7. The summed E-state index contributed by atoms with van der Waals surface area (Å²) in [5.74, 6) is -0.0912. The molecule has 0 saturated carbocycles. The number of thiophene rings is 1. The van der Waals surface area contributed by atoms with Crippen molar-refractivity contribution in [1.82, 2.24) is 5.32 Å². The lowest BCUT2D eigenvalue weighted by atomic mass is 10.2. The first-order chi connectivity index (χ1) is 8.97. The highest BCUT2D eigenvalue weighted by molar-refractivity contribution is 9.10. The van der Waals surface area contributed by atoms with Gasteiger partial charge in [-0.3, -0.25) is 4.79 Å². The van der Waals surface area contributed by atoms with Gasteiger partial charge >= 0.3 is 0 Å². The first-order valence-corrected chi connectivity index (χ1v) is 7.85. The second kappa shape index (κ2) is 6.11. The monoisotopic (exact) mass is 355 g/mol. The largest absolute Gasteiger partial charge is 0.347 e. The van der Waals surface area contributed by atoms with Crippen LogP contribution in [0.1, 0.15) is 25.7 Å². The van der Waals surface area contributed by atoms with Crippen molar-refractivity contribution < 1.29 is 4.79 Å². The van der Waals surface area contributed by atoms with E-state index in [1.807, 2.05) is 12.1 Å². The molecule has 1 aromatic carbocycles. The van der Waals surface area contributed by atoms with E-state index >= 15 is 0 Å². The first-order valence-electron chi connectivity index (χ1n) is 5.80. The lowest BCUT2D eigenvalue weighted by Gasteiger charge is -2.06. The van der Waals surface area contributed by atoms with Crippen LogP contribution in [0.2, 0.25) is 0 Å². The molecule has 100 valence electrons. The number of halogens is 1. The summed E-state index contributed by atoms with van der Waals surface area (Å²) >= 11 is 9.35. The highest BCUT2D eigenvalue weighted by Crippen LogP contribution is 2.22. The Morgan fingerprint density at radius 3 is 2.74 bits per heavy atom. The SMILES string of the molecule is Cc1cc(CNC(=O)c2cc(S)ccc2Br)sc1C. The van der Waals surface area contributed by atoms with Gasteiger partial charge in [-0.2, -0.15) is 0 Å². The van der Waals surface area contributed by atoms with Crippen LogP contribution in [0.4, 0.5) is 0 Å². The lowest BCUT2D eigenvalue weighted by Crippen LogP contribution is -2.22. The minimum Gasteiger partial charge on any atom is -0.347 e. The van der Waals surface area contributed by atoms with Crippen molar-refractivity contribution in [3.8, 4) is 0 Å². The van der Waals surface area contributed by atoms with Gasteiger partial charge in [-0.05, 0) is 59.6 Å². The smallest absolute Gasteiger partial charge is 0.252 e. The molecule has 0 unspecified atom stereocenters. The molecule has 0 bridgehead atoms. The van der Waals surface area contributed by atoms with Crippen molar-refractivity contribution in [2.75, 3.05) is 0 Å². The predicted octanol–water partition coefficient (Wildman–Crippen LogP) is 4.35. The summed E-state index contributed by atoms with van der Waals surface area (Å²) in [6.45, 7) is 4.73. The van der Waals surface area contributed by atoms with Crippen LogP contribution in [0, 0.1) is 13.8 Å². The summed E-state index contributed by atoms with van der Waals surface area (Å²) < 4.78 is 0.779. The van der Waals surface area contributed by atoms with Crippen LogP contribution in [-0.4, -0.2) is 5.91 Å². The van der Waals surface area contributed by atoms with E-state index < -0.39 is 0 Å². The molecular weight excluding hydrogens is 342 g/mol. The van der Waals surface area contributed by atoms with Gasteiger partial charge in [0.25, 0.3) is 5.91 Å². The van der Waals surface area contributed by atoms with Gasteiger partial charge in [0.2, 0.25) is 0 Å². The highest BCUT2D eigenvalue weighted by Gasteiger charge is 2.11. The quantitative estimate of drug-likeness (QED) is 0.787. The van der Waals surface area contributed by atoms with Gasteiger partial charge in [0, 0.05) is 19.1 Å². The van der Waals surface area contributed by atoms with Crippen LogP contribution in [-0.2, 0) is 6.54 Å². The zero-order chi connectivity index (χ0) is 14.0. The van der Waals surface area contributed by atoms with Crippen LogP contribution in [0.3, 0.4) is 0 Å². The van der Waals surface area contributed by atoms with Gasteiger partial charge in [-0.15, -0.1) is 24.0 Å². The predicted molar refractivity (Wildman–Crippen MR) is 86.4 cm³/mol. The van der Waals surface area contributed by atoms with E-state index in [4.69, 9.17) is 0 Å². The van der Waals surface area contributed by atoms with Gasteiger partial charge in [-0.1, -0.05) is 0 Å². The Labute approximate surface area is 130 Å². The van der Waals surface area contributed by atoms with E-state index in [9.17, 15) is 4.79 Å². The zero-order valence-corrected chi connectivity index (χ0v) is 14.0. The third kappa shape index (κ3) is 3.61. The Bertz CT molecular complexity index is 602. The Hall–Kier alpha value is -0.780. The van der Waals surface area contributed by atoms with Crippen molar-refractivity contribution in [2.45, 2.75) is 25.3 Å². The third-order valence-electron chi connectivity index (χ3n) is 2.83. The molecular formula is C14H14BrNOS2. The van der Waals surface area contributed by atoms with Crippen LogP contribution in [0.5, 0.6) is 0 Å². The van der Waals surface area contributed by atoms with Crippen LogP contribution in [0.15, 0.2) is 33.6 Å². The number of amides is 1. The van der Waals surface area contributed by atoms with Crippen molar-refractivity contribution in [3.63, 3.8) is 0 Å². The minimum absolute atomic E-state index is 0.0912. The summed E-state index contributed by atoms with van der Waals surface area (Å²) in [7, 11) is 0. The molecule has 2 rings (SSSR count). The topological polar surface area (TPSA) is 29.1 Å². The second-order valence-corrected chi connectivity index (χ2v) is 7.01. The molecule has 0 spiro atoms. The third-order valence-corrected chi connectivity index (χ3v) is 4.96. The Balaban J connectivity index is 2.07. The molecule has 0 aliphatic rings. The molecule has 1 N–H and O–H groups in total. The molecule has 0 aliphatic carbocycles. The minimum atomic E-state index is -0.0912. The van der Waals surface area contributed by atoms with Crippen LogP contribution in [0.25, 0.3) is 0 Å². The number of benzene rings is 1. The van der Waals surface area contributed by atoms with E-state index in [0.717, 1.165) is 9.37 Å². The number of carbonyl (C=O) groups excluding carboxylic acids is 1. The average Bonchev–Trinajstić information content (AvgIpc) is 2.69. The number of hydrogen-bond donors (Lipinski definition) is 2. The van der Waals surface area contributed by atoms with E-state index in [2.05, 4.69) is 53.8 Å². The number of hydrogen-bond acceptors (Lipinski definition) is 3. The fourth-order valence-electron chi connectivity index (χ4n) is 1.69. The van der Waals surface area contributed by atoms with Crippen molar-refractivity contribution >= 4 is 45.8 Å². The molecule has 19 heavy (non-hydrogen) atoms. The Morgan fingerprint density at radius 2 is 2.11 bits per heavy atom. The molecule has 0 atom stereocenters. The maximum Gasteiger partial charge on any atom is 0.252 e. The van der Waals surface area contributed by atoms with Gasteiger partial charge in [0.1, 0.15) is 0 Å². The molecule has 2 nitrogen and oxygen atoms in total. The van der Waals surface area contributed by atoms with Crippen molar-refractivity contribution in [2.24, 2.45) is 0 Å². The number of carbonyl (C=O) groups is 1. The van der Waals surface area contributed by atoms with Gasteiger partial charge in [0.05, 0.1) is 12.1 Å². The summed E-state index contributed by atoms with van der Waals surface area (Å²) in [5.41, 5.74) is 1.88. The normalized spacial score (nSPS) is 10.5. The molecule has 5 heteroatoms. The van der Waals surface area contributed by atoms with Crippen molar-refractivity contribution in [3.05, 3.63) is 49.6 Å². The number of rotatable bonds is 3. The lowest BCUT2D eigenvalue weighted by molar-refractivity contribution is 0.0950. The summed E-state index contributed by atoms with van der Waals surface area (Å²) in [4.78, 5) is 15.3. The number of aryl methyl sites for hydroxylation is 2. The summed E-state index contributed by atoms with van der Waals surface area (Å²) in [6.07, 6.45) is 0. The maximum absolute atomic E-state index is 12.1. The molecule has 0 fully saturated rings. The van der Waals surface area contributed by atoms with Gasteiger partial charge in [0.15, 0.2) is 0 Å².